The minimum Gasteiger partial charge on any atom is -0.484 e. The first-order valence-electron chi connectivity index (χ1n) is 10.4. The molecule has 1 unspecified atom stereocenters. The van der Waals surface area contributed by atoms with E-state index in [2.05, 4.69) is 15.8 Å². The van der Waals surface area contributed by atoms with E-state index in [1.54, 1.807) is 37.3 Å². The number of nitro groups is 1. The minimum atomic E-state index is -0.833. The van der Waals surface area contributed by atoms with E-state index in [-0.39, 0.29) is 12.3 Å². The summed E-state index contributed by atoms with van der Waals surface area (Å²) < 4.78 is 11.1. The number of non-ortho nitro benzene ring substituents is 1. The zero-order valence-electron chi connectivity index (χ0n) is 18.9. The van der Waals surface area contributed by atoms with Gasteiger partial charge >= 0.3 is 0 Å². The number of nitro benzene ring substituents is 1. The highest BCUT2D eigenvalue weighted by molar-refractivity contribution is 5.88. The van der Waals surface area contributed by atoms with Crippen molar-refractivity contribution in [2.24, 2.45) is 5.10 Å². The van der Waals surface area contributed by atoms with Crippen molar-refractivity contribution >= 4 is 23.7 Å². The van der Waals surface area contributed by atoms with E-state index in [1.165, 1.54) is 25.3 Å². The standard InChI is InChI=1S/C24H24N4O6/c1-15-5-4-6-19(11-15)33-14-23(29)26-17(3)24(30)27-25-13-20-8-10-22(34-20)21-9-7-18(28(31)32)12-16(21)2/h4-13,17H,14H2,1-3H3,(H,26,29)(H,27,30). The zero-order valence-corrected chi connectivity index (χ0v) is 18.9. The molecule has 0 aliphatic rings. The number of ether oxygens (including phenoxy) is 1. The molecule has 0 radical (unpaired) electrons. The second-order valence-corrected chi connectivity index (χ2v) is 7.59. The summed E-state index contributed by atoms with van der Waals surface area (Å²) >= 11 is 0. The van der Waals surface area contributed by atoms with Gasteiger partial charge in [0.2, 0.25) is 0 Å². The lowest BCUT2D eigenvalue weighted by Crippen LogP contribution is -2.45. The van der Waals surface area contributed by atoms with Crippen molar-refractivity contribution in [2.45, 2.75) is 26.8 Å². The molecule has 10 nitrogen and oxygen atoms in total. The zero-order chi connectivity index (χ0) is 24.7. The van der Waals surface area contributed by atoms with E-state index in [4.69, 9.17) is 9.15 Å². The van der Waals surface area contributed by atoms with Crippen LogP contribution in [0.5, 0.6) is 5.75 Å². The van der Waals surface area contributed by atoms with Gasteiger partial charge in [-0.2, -0.15) is 5.10 Å². The average molecular weight is 464 g/mol. The van der Waals surface area contributed by atoms with Crippen molar-refractivity contribution in [1.29, 1.82) is 0 Å². The fourth-order valence-electron chi connectivity index (χ4n) is 3.06. The molecule has 2 amide bonds. The normalized spacial score (nSPS) is 11.7. The smallest absolute Gasteiger partial charge is 0.269 e. The van der Waals surface area contributed by atoms with Crippen molar-refractivity contribution in [3.8, 4) is 17.1 Å². The number of carbonyl (C=O) groups is 2. The summed E-state index contributed by atoms with van der Waals surface area (Å²) in [6.45, 7) is 4.97. The highest BCUT2D eigenvalue weighted by atomic mass is 16.6. The Morgan fingerprint density at radius 1 is 1.18 bits per heavy atom. The second-order valence-electron chi connectivity index (χ2n) is 7.59. The number of aryl methyl sites for hydroxylation is 2. The van der Waals surface area contributed by atoms with Crippen LogP contribution in [0.3, 0.4) is 0 Å². The van der Waals surface area contributed by atoms with Gasteiger partial charge in [0.15, 0.2) is 6.61 Å². The number of furan rings is 1. The van der Waals surface area contributed by atoms with Crippen LogP contribution >= 0.6 is 0 Å². The van der Waals surface area contributed by atoms with Gasteiger partial charge in [-0.25, -0.2) is 5.43 Å². The Balaban J connectivity index is 1.49. The monoisotopic (exact) mass is 464 g/mol. The maximum absolute atomic E-state index is 12.2. The van der Waals surface area contributed by atoms with Gasteiger partial charge in [-0.05, 0) is 62.2 Å². The molecule has 10 heteroatoms. The summed E-state index contributed by atoms with van der Waals surface area (Å²) in [6, 6.07) is 14.3. The van der Waals surface area contributed by atoms with Crippen LogP contribution < -0.4 is 15.5 Å². The van der Waals surface area contributed by atoms with Crippen LogP contribution in [-0.2, 0) is 9.59 Å². The molecule has 0 fully saturated rings. The molecule has 0 saturated heterocycles. The van der Waals surface area contributed by atoms with E-state index in [0.717, 1.165) is 5.56 Å². The third-order valence-electron chi connectivity index (χ3n) is 4.81. The lowest BCUT2D eigenvalue weighted by Gasteiger charge is -2.12. The van der Waals surface area contributed by atoms with Crippen molar-refractivity contribution in [2.75, 3.05) is 6.61 Å². The number of carbonyl (C=O) groups excluding carboxylic acids is 2. The second kappa shape index (κ2) is 10.9. The van der Waals surface area contributed by atoms with E-state index in [0.29, 0.717) is 28.4 Å². The van der Waals surface area contributed by atoms with Crippen LogP contribution in [0.25, 0.3) is 11.3 Å². The topological polar surface area (TPSA) is 136 Å². The molecule has 1 atom stereocenters. The van der Waals surface area contributed by atoms with Crippen molar-refractivity contribution in [1.82, 2.24) is 10.7 Å². The van der Waals surface area contributed by atoms with Crippen molar-refractivity contribution in [3.05, 3.63) is 81.6 Å². The van der Waals surface area contributed by atoms with Crippen LogP contribution in [0.4, 0.5) is 5.69 Å². The molecule has 1 aromatic heterocycles. The summed E-state index contributed by atoms with van der Waals surface area (Å²) in [5.41, 5.74) is 4.75. The minimum absolute atomic E-state index is 0.000223. The van der Waals surface area contributed by atoms with Crippen LogP contribution in [0.2, 0.25) is 0 Å². The predicted molar refractivity (Wildman–Crippen MR) is 126 cm³/mol. The van der Waals surface area contributed by atoms with E-state index in [1.807, 2.05) is 19.1 Å². The molecule has 0 bridgehead atoms. The SMILES string of the molecule is Cc1cccc(OCC(=O)NC(C)C(=O)NN=Cc2ccc(-c3ccc([N+](=O)[O-])cc3C)o2)c1. The highest BCUT2D eigenvalue weighted by Crippen LogP contribution is 2.28. The van der Waals surface area contributed by atoms with Gasteiger partial charge in [-0.15, -0.1) is 0 Å². The largest absolute Gasteiger partial charge is 0.484 e. The Labute approximate surface area is 195 Å². The first-order valence-corrected chi connectivity index (χ1v) is 10.4. The van der Waals surface area contributed by atoms with Crippen LogP contribution in [0.1, 0.15) is 23.8 Å². The summed E-state index contributed by atoms with van der Waals surface area (Å²) in [4.78, 5) is 34.6. The number of hydrogen-bond acceptors (Lipinski definition) is 7. The Morgan fingerprint density at radius 3 is 2.68 bits per heavy atom. The molecule has 3 aromatic rings. The summed E-state index contributed by atoms with van der Waals surface area (Å²) in [5, 5.41) is 17.3. The molecule has 2 N–H and O–H groups in total. The lowest BCUT2D eigenvalue weighted by atomic mass is 10.1. The molecular weight excluding hydrogens is 440 g/mol. The third-order valence-corrected chi connectivity index (χ3v) is 4.81. The lowest BCUT2D eigenvalue weighted by molar-refractivity contribution is -0.384. The third kappa shape index (κ3) is 6.52. The van der Waals surface area contributed by atoms with Gasteiger partial charge in [-0.1, -0.05) is 12.1 Å². The molecule has 0 saturated carbocycles. The number of benzene rings is 2. The average Bonchev–Trinajstić information content (AvgIpc) is 3.26. The quantitative estimate of drug-likeness (QED) is 0.283. The molecule has 176 valence electrons. The Morgan fingerprint density at radius 2 is 1.97 bits per heavy atom. The van der Waals surface area contributed by atoms with Crippen LogP contribution in [-0.4, -0.2) is 35.6 Å². The van der Waals surface area contributed by atoms with E-state index in [9.17, 15) is 19.7 Å². The highest BCUT2D eigenvalue weighted by Gasteiger charge is 2.16. The Hall–Kier alpha value is -4.47. The summed E-state index contributed by atoms with van der Waals surface area (Å²) in [7, 11) is 0. The number of nitrogens with one attached hydrogen (secondary N) is 2. The van der Waals surface area contributed by atoms with Crippen LogP contribution in [0, 0.1) is 24.0 Å². The number of nitrogens with zero attached hydrogens (tertiary/aromatic N) is 2. The molecule has 34 heavy (non-hydrogen) atoms. The molecule has 2 aromatic carbocycles. The number of amides is 2. The first-order chi connectivity index (χ1) is 16.2. The predicted octanol–water partition coefficient (Wildman–Crippen LogP) is 3.51. The van der Waals surface area contributed by atoms with Gasteiger partial charge in [0.05, 0.1) is 11.1 Å². The molecule has 1 heterocycles. The van der Waals surface area contributed by atoms with Crippen molar-refractivity contribution in [3.63, 3.8) is 0 Å². The maximum Gasteiger partial charge on any atom is 0.269 e. The van der Waals surface area contributed by atoms with E-state index < -0.39 is 22.8 Å². The fraction of sp³-hybridized carbons (Fsp3) is 0.208. The summed E-state index contributed by atoms with van der Waals surface area (Å²) in [6.07, 6.45) is 1.32. The number of rotatable bonds is 9. The van der Waals surface area contributed by atoms with Gasteiger partial charge in [-0.3, -0.25) is 19.7 Å². The molecule has 3 rings (SSSR count). The summed E-state index contributed by atoms with van der Waals surface area (Å²) in [5.74, 6) is 0.490. The Kier molecular flexibility index (Phi) is 7.75. The van der Waals surface area contributed by atoms with E-state index >= 15 is 0 Å². The molecular formula is C24H24N4O6. The maximum atomic E-state index is 12.2. The molecule has 0 aliphatic carbocycles. The fourth-order valence-corrected chi connectivity index (χ4v) is 3.06. The molecule has 0 spiro atoms. The van der Waals surface area contributed by atoms with Gasteiger partial charge in [0.1, 0.15) is 23.3 Å². The number of hydrogen-bond donors (Lipinski definition) is 2. The Bertz CT molecular complexity index is 1230. The molecule has 0 aliphatic heterocycles. The number of hydrazone groups is 1. The first kappa shape index (κ1) is 24.2. The van der Waals surface area contributed by atoms with Gasteiger partial charge < -0.3 is 14.5 Å². The van der Waals surface area contributed by atoms with Crippen molar-refractivity contribution < 1.29 is 23.7 Å². The van der Waals surface area contributed by atoms with Gasteiger partial charge in [0, 0.05) is 17.7 Å². The van der Waals surface area contributed by atoms with Crippen LogP contribution in [0.15, 0.2) is 64.1 Å². The van der Waals surface area contributed by atoms with Gasteiger partial charge in [0.25, 0.3) is 17.5 Å².